The molecule has 1 aliphatic heterocycles. The lowest BCUT2D eigenvalue weighted by molar-refractivity contribution is 0.00990. The lowest BCUT2D eigenvalue weighted by Gasteiger charge is -2.34. The molecule has 1 saturated heterocycles. The van der Waals surface area contributed by atoms with Gasteiger partial charge in [-0.1, -0.05) is 6.07 Å². The Labute approximate surface area is 196 Å². The zero-order chi connectivity index (χ0) is 20.3. The van der Waals surface area contributed by atoms with Crippen LogP contribution >= 0.6 is 24.0 Å². The first kappa shape index (κ1) is 24.8. The molecule has 8 nitrogen and oxygen atoms in total. The predicted molar refractivity (Wildman–Crippen MR) is 130 cm³/mol. The molecule has 2 aromatic heterocycles. The summed E-state index contributed by atoms with van der Waals surface area (Å²) in [5.41, 5.74) is 0.895. The number of likely N-dealkylation sites (tertiary alicyclic amines) is 1. The summed E-state index contributed by atoms with van der Waals surface area (Å²) in [4.78, 5) is 7.20. The van der Waals surface area contributed by atoms with Crippen molar-refractivity contribution in [2.24, 2.45) is 4.99 Å². The fraction of sp³-hybridized carbons (Fsp3) is 0.667. The van der Waals surface area contributed by atoms with Gasteiger partial charge in [0.15, 0.2) is 11.6 Å². The van der Waals surface area contributed by atoms with Crippen LogP contribution in [-0.2, 0) is 15.9 Å². The third-order valence-electron chi connectivity index (χ3n) is 5.13. The maximum Gasteiger partial charge on any atom is 0.193 e. The molecule has 0 saturated carbocycles. The number of aliphatic imine (C=N–C) groups is 1. The Morgan fingerprint density at radius 2 is 2.03 bits per heavy atom. The number of aryl methyl sites for hydroxylation is 1. The van der Waals surface area contributed by atoms with Crippen LogP contribution in [-0.4, -0.2) is 78.1 Å². The SMILES string of the molecule is CCNC(=NCCCc1nnc2ccccn12)N1CCC(OCCCOC)CC1.I. The fourth-order valence-corrected chi connectivity index (χ4v) is 3.60. The van der Waals surface area contributed by atoms with Crippen molar-refractivity contribution >= 4 is 35.6 Å². The Morgan fingerprint density at radius 3 is 2.80 bits per heavy atom. The minimum absolute atomic E-state index is 0. The third-order valence-corrected chi connectivity index (χ3v) is 5.13. The fourth-order valence-electron chi connectivity index (χ4n) is 3.60. The van der Waals surface area contributed by atoms with E-state index in [4.69, 9.17) is 14.5 Å². The molecule has 0 aliphatic carbocycles. The average molecular weight is 530 g/mol. The summed E-state index contributed by atoms with van der Waals surface area (Å²) >= 11 is 0. The van der Waals surface area contributed by atoms with Gasteiger partial charge in [-0.2, -0.15) is 0 Å². The van der Waals surface area contributed by atoms with Crippen molar-refractivity contribution in [3.05, 3.63) is 30.2 Å². The summed E-state index contributed by atoms with van der Waals surface area (Å²) in [5.74, 6) is 2.00. The molecule has 30 heavy (non-hydrogen) atoms. The highest BCUT2D eigenvalue weighted by atomic mass is 127. The first-order chi connectivity index (χ1) is 14.3. The number of piperidine rings is 1. The minimum Gasteiger partial charge on any atom is -0.385 e. The van der Waals surface area contributed by atoms with Crippen molar-refractivity contribution in [1.82, 2.24) is 24.8 Å². The predicted octanol–water partition coefficient (Wildman–Crippen LogP) is 2.76. The quantitative estimate of drug-likeness (QED) is 0.221. The zero-order valence-corrected chi connectivity index (χ0v) is 20.5. The van der Waals surface area contributed by atoms with Gasteiger partial charge in [-0.05, 0) is 44.7 Å². The summed E-state index contributed by atoms with van der Waals surface area (Å²) in [6.07, 6.45) is 7.23. The smallest absolute Gasteiger partial charge is 0.193 e. The van der Waals surface area contributed by atoms with E-state index in [9.17, 15) is 0 Å². The molecule has 9 heteroatoms. The summed E-state index contributed by atoms with van der Waals surface area (Å²) < 4.78 is 13.1. The van der Waals surface area contributed by atoms with Crippen LogP contribution in [0.5, 0.6) is 0 Å². The van der Waals surface area contributed by atoms with Crippen LogP contribution in [0.2, 0.25) is 0 Å². The third kappa shape index (κ3) is 7.35. The average Bonchev–Trinajstić information content (AvgIpc) is 3.17. The number of ether oxygens (including phenoxy) is 2. The van der Waals surface area contributed by atoms with Crippen molar-refractivity contribution < 1.29 is 9.47 Å². The molecule has 2 aromatic rings. The number of hydrogen-bond donors (Lipinski definition) is 1. The van der Waals surface area contributed by atoms with E-state index in [0.29, 0.717) is 6.10 Å². The number of methoxy groups -OCH3 is 1. The van der Waals surface area contributed by atoms with Crippen LogP contribution < -0.4 is 5.32 Å². The number of rotatable bonds is 10. The highest BCUT2D eigenvalue weighted by molar-refractivity contribution is 14.0. The molecule has 1 N–H and O–H groups in total. The maximum absolute atomic E-state index is 5.97. The monoisotopic (exact) mass is 530 g/mol. The highest BCUT2D eigenvalue weighted by Gasteiger charge is 2.21. The number of nitrogens with one attached hydrogen (secondary N) is 1. The molecule has 0 spiro atoms. The van der Waals surface area contributed by atoms with Gasteiger partial charge in [-0.15, -0.1) is 34.2 Å². The lowest BCUT2D eigenvalue weighted by atomic mass is 10.1. The van der Waals surface area contributed by atoms with Crippen molar-refractivity contribution in [2.75, 3.05) is 46.5 Å². The van der Waals surface area contributed by atoms with Crippen molar-refractivity contribution in [3.63, 3.8) is 0 Å². The van der Waals surface area contributed by atoms with E-state index >= 15 is 0 Å². The van der Waals surface area contributed by atoms with E-state index in [1.165, 1.54) is 0 Å². The Bertz CT molecular complexity index is 761. The number of hydrogen-bond acceptors (Lipinski definition) is 5. The van der Waals surface area contributed by atoms with Crippen LogP contribution in [0.25, 0.3) is 5.65 Å². The molecular weight excluding hydrogens is 495 g/mol. The lowest BCUT2D eigenvalue weighted by Crippen LogP contribution is -2.47. The largest absolute Gasteiger partial charge is 0.385 e. The zero-order valence-electron chi connectivity index (χ0n) is 18.1. The van der Waals surface area contributed by atoms with Gasteiger partial charge in [0.2, 0.25) is 0 Å². The van der Waals surface area contributed by atoms with Crippen LogP contribution in [0, 0.1) is 0 Å². The first-order valence-corrected chi connectivity index (χ1v) is 10.7. The standard InChI is InChI=1S/C21H34N6O2.HI/c1-3-22-21(26-14-10-18(11-15-26)29-17-7-16-28-2)23-12-6-9-20-25-24-19-8-4-5-13-27(19)20;/h4-5,8,13,18H,3,6-7,9-12,14-17H2,1-2H3,(H,22,23);1H. The molecule has 3 rings (SSSR count). The maximum atomic E-state index is 5.97. The summed E-state index contributed by atoms with van der Waals surface area (Å²) in [5, 5.41) is 11.9. The van der Waals surface area contributed by atoms with Crippen LogP contribution in [0.1, 0.15) is 38.4 Å². The van der Waals surface area contributed by atoms with Gasteiger partial charge in [-0.25, -0.2) is 0 Å². The van der Waals surface area contributed by atoms with Gasteiger partial charge >= 0.3 is 0 Å². The second-order valence-corrected chi connectivity index (χ2v) is 7.29. The number of aromatic nitrogens is 3. The molecule has 0 atom stereocenters. The van der Waals surface area contributed by atoms with Crippen LogP contribution in [0.4, 0.5) is 0 Å². The topological polar surface area (TPSA) is 76.3 Å². The van der Waals surface area contributed by atoms with E-state index in [2.05, 4.69) is 27.3 Å². The van der Waals surface area contributed by atoms with Gasteiger partial charge in [-0.3, -0.25) is 9.39 Å². The number of nitrogens with zero attached hydrogens (tertiary/aromatic N) is 5. The molecule has 0 radical (unpaired) electrons. The van der Waals surface area contributed by atoms with Gasteiger partial charge in [0.25, 0.3) is 0 Å². The Hall–Kier alpha value is -1.46. The molecule has 3 heterocycles. The summed E-state index contributed by atoms with van der Waals surface area (Å²) in [7, 11) is 1.73. The second kappa shape index (κ2) is 13.8. The van der Waals surface area contributed by atoms with Gasteiger partial charge in [0.05, 0.1) is 6.10 Å². The van der Waals surface area contributed by atoms with Crippen molar-refractivity contribution in [2.45, 2.75) is 45.1 Å². The van der Waals surface area contributed by atoms with Gasteiger partial charge < -0.3 is 19.7 Å². The van der Waals surface area contributed by atoms with Crippen molar-refractivity contribution in [1.29, 1.82) is 0 Å². The number of pyridine rings is 1. The number of guanidine groups is 1. The molecule has 1 aliphatic rings. The van der Waals surface area contributed by atoms with Crippen molar-refractivity contribution in [3.8, 4) is 0 Å². The Kier molecular flexibility index (Phi) is 11.4. The van der Waals surface area contributed by atoms with Crippen LogP contribution in [0.3, 0.4) is 0 Å². The van der Waals surface area contributed by atoms with E-state index in [1.807, 2.05) is 28.8 Å². The van der Waals surface area contributed by atoms with E-state index in [-0.39, 0.29) is 24.0 Å². The first-order valence-electron chi connectivity index (χ1n) is 10.7. The normalized spacial score (nSPS) is 15.4. The molecular formula is C21H35IN6O2. The molecule has 1 fully saturated rings. The minimum atomic E-state index is 0. The Morgan fingerprint density at radius 1 is 1.20 bits per heavy atom. The highest BCUT2D eigenvalue weighted by Crippen LogP contribution is 2.14. The molecule has 0 aromatic carbocycles. The molecule has 0 unspecified atom stereocenters. The Balaban J connectivity index is 0.00000320. The van der Waals surface area contributed by atoms with Gasteiger partial charge in [0.1, 0.15) is 5.82 Å². The number of fused-ring (bicyclic) bond motifs is 1. The van der Waals surface area contributed by atoms with E-state index in [0.717, 1.165) is 88.9 Å². The summed E-state index contributed by atoms with van der Waals surface area (Å²) in [6, 6.07) is 5.96. The van der Waals surface area contributed by atoms with Crippen LogP contribution in [0.15, 0.2) is 29.4 Å². The second-order valence-electron chi connectivity index (χ2n) is 7.29. The van der Waals surface area contributed by atoms with Gasteiger partial charge in [0, 0.05) is 59.1 Å². The van der Waals surface area contributed by atoms with E-state index < -0.39 is 0 Å². The molecule has 0 bridgehead atoms. The van der Waals surface area contributed by atoms with E-state index in [1.54, 1.807) is 7.11 Å². The summed E-state index contributed by atoms with van der Waals surface area (Å²) in [6.45, 7) is 7.28. The number of halogens is 1. The molecule has 168 valence electrons. The molecule has 0 amide bonds.